The smallest absolute Gasteiger partial charge is 0.350 e. The molecular weight excluding hydrogens is 392 g/mol. The van der Waals surface area contributed by atoms with Crippen LogP contribution in [0.15, 0.2) is 41.2 Å². The second kappa shape index (κ2) is 6.67. The van der Waals surface area contributed by atoms with Crippen LogP contribution >= 0.6 is 0 Å². The van der Waals surface area contributed by atoms with Crippen LogP contribution in [0.25, 0.3) is 38.5 Å². The van der Waals surface area contributed by atoms with Crippen LogP contribution < -0.4 is 20.0 Å². The predicted molar refractivity (Wildman–Crippen MR) is 118 cm³/mol. The number of nitriles is 1. The van der Waals surface area contributed by atoms with Crippen molar-refractivity contribution >= 4 is 38.5 Å². The quantitative estimate of drug-likeness (QED) is 0.328. The molecule has 0 aliphatic carbocycles. The molecule has 7 heteroatoms. The number of ether oxygens (including phenoxy) is 2. The summed E-state index contributed by atoms with van der Waals surface area (Å²) in [4.78, 5) is 21.7. The average Bonchev–Trinajstić information content (AvgIpc) is 2.76. The molecule has 0 saturated carbocycles. The van der Waals surface area contributed by atoms with Gasteiger partial charge in [-0.3, -0.25) is 0 Å². The summed E-state index contributed by atoms with van der Waals surface area (Å²) >= 11 is 0. The lowest BCUT2D eigenvalue weighted by Crippen LogP contribution is -2.22. The Bertz CT molecular complexity index is 1660. The van der Waals surface area contributed by atoms with Crippen LogP contribution in [0.3, 0.4) is 0 Å². The highest BCUT2D eigenvalue weighted by molar-refractivity contribution is 5.92. The summed E-state index contributed by atoms with van der Waals surface area (Å²) in [5.74, 6) is 0.907. The Morgan fingerprint density at radius 3 is 2.45 bits per heavy atom. The van der Waals surface area contributed by atoms with Gasteiger partial charge in [-0.1, -0.05) is 6.07 Å². The van der Waals surface area contributed by atoms with E-state index in [1.807, 2.05) is 19.9 Å². The highest BCUT2D eigenvalue weighted by atomic mass is 16.5. The van der Waals surface area contributed by atoms with Crippen molar-refractivity contribution in [2.45, 2.75) is 13.8 Å². The number of hydrogen-bond donors (Lipinski definition) is 0. The largest absolute Gasteiger partial charge is 0.493 e. The van der Waals surface area contributed by atoms with E-state index >= 15 is 0 Å². The van der Waals surface area contributed by atoms with Crippen molar-refractivity contribution in [3.05, 3.63) is 63.4 Å². The first-order chi connectivity index (χ1) is 14.9. The number of aryl methyl sites for hydroxylation is 2. The van der Waals surface area contributed by atoms with Gasteiger partial charge in [-0.15, -0.1) is 4.40 Å². The molecule has 5 aromatic rings. The molecule has 0 aliphatic heterocycles. The van der Waals surface area contributed by atoms with E-state index < -0.39 is 0 Å². The molecule has 0 spiro atoms. The van der Waals surface area contributed by atoms with Crippen LogP contribution in [0.2, 0.25) is 0 Å². The number of rotatable bonds is 2. The molecule has 0 amide bonds. The van der Waals surface area contributed by atoms with E-state index in [4.69, 9.17) is 9.47 Å². The van der Waals surface area contributed by atoms with Gasteiger partial charge in [0.05, 0.1) is 30.5 Å². The average molecular weight is 411 g/mol. The normalized spacial score (nSPS) is 11.3. The molecule has 1 N–H and O–H groups in total. The van der Waals surface area contributed by atoms with Crippen molar-refractivity contribution in [2.75, 3.05) is 14.2 Å². The molecule has 0 radical (unpaired) electrons. The maximum atomic E-state index is 13.6. The minimum Gasteiger partial charge on any atom is -0.493 e. The molecule has 0 saturated heterocycles. The third-order valence-electron chi connectivity index (χ3n) is 5.60. The second-order valence-corrected chi connectivity index (χ2v) is 7.59. The molecule has 152 valence electrons. The molecule has 3 heterocycles. The summed E-state index contributed by atoms with van der Waals surface area (Å²) in [6, 6.07) is 13.4. The SMILES string of the molecule is COc1cc2nc3c(C#N)cc4cc5cc(C)cc(C)c5[nH+]c4n3c(=O)c2cc1OC. The number of benzene rings is 2. The summed E-state index contributed by atoms with van der Waals surface area (Å²) in [5, 5.41) is 11.9. The fourth-order valence-electron chi connectivity index (χ4n) is 4.21. The van der Waals surface area contributed by atoms with Crippen molar-refractivity contribution in [2.24, 2.45) is 0 Å². The zero-order chi connectivity index (χ0) is 21.9. The zero-order valence-corrected chi connectivity index (χ0v) is 17.5. The maximum absolute atomic E-state index is 13.6. The van der Waals surface area contributed by atoms with E-state index in [0.29, 0.717) is 39.3 Å². The number of aromatic nitrogens is 3. The fraction of sp³-hybridized carbons (Fsp3) is 0.167. The molecule has 2 aromatic carbocycles. The zero-order valence-electron chi connectivity index (χ0n) is 17.5. The molecular formula is C24H19N4O3+. The number of nitrogens with zero attached hydrogens (tertiary/aromatic N) is 3. The van der Waals surface area contributed by atoms with Crippen LogP contribution in [-0.2, 0) is 0 Å². The lowest BCUT2D eigenvalue weighted by atomic mass is 10.0. The van der Waals surface area contributed by atoms with Gasteiger partial charge in [0.25, 0.3) is 5.65 Å². The highest BCUT2D eigenvalue weighted by Gasteiger charge is 2.22. The van der Waals surface area contributed by atoms with Gasteiger partial charge >= 0.3 is 5.56 Å². The van der Waals surface area contributed by atoms with Crippen LogP contribution in [-0.4, -0.2) is 23.6 Å². The number of H-pyrrole nitrogens is 1. The van der Waals surface area contributed by atoms with Crippen LogP contribution in [0.5, 0.6) is 11.5 Å². The number of hydrogen-bond acceptors (Lipinski definition) is 5. The minimum atomic E-state index is -0.289. The van der Waals surface area contributed by atoms with Gasteiger partial charge in [0.1, 0.15) is 17.1 Å². The number of methoxy groups -OCH3 is 2. The van der Waals surface area contributed by atoms with Crippen molar-refractivity contribution in [1.82, 2.24) is 9.38 Å². The summed E-state index contributed by atoms with van der Waals surface area (Å²) in [6.45, 7) is 4.07. The Morgan fingerprint density at radius 2 is 1.74 bits per heavy atom. The van der Waals surface area contributed by atoms with E-state index in [1.165, 1.54) is 18.6 Å². The van der Waals surface area contributed by atoms with E-state index in [1.54, 1.807) is 18.2 Å². The highest BCUT2D eigenvalue weighted by Crippen LogP contribution is 2.31. The molecule has 0 unspecified atom stereocenters. The molecule has 3 aromatic heterocycles. The first kappa shape index (κ1) is 18.8. The van der Waals surface area contributed by atoms with Crippen LogP contribution in [0.1, 0.15) is 16.7 Å². The minimum absolute atomic E-state index is 0.289. The van der Waals surface area contributed by atoms with Crippen molar-refractivity contribution in [3.8, 4) is 17.6 Å². The predicted octanol–water partition coefficient (Wildman–Crippen LogP) is 3.47. The van der Waals surface area contributed by atoms with Gasteiger partial charge in [0.15, 0.2) is 11.5 Å². The van der Waals surface area contributed by atoms with Crippen LogP contribution in [0.4, 0.5) is 0 Å². The Labute approximate surface area is 177 Å². The van der Waals surface area contributed by atoms with Gasteiger partial charge in [-0.2, -0.15) is 5.26 Å². The Balaban J connectivity index is 2.03. The van der Waals surface area contributed by atoms with Crippen molar-refractivity contribution in [3.63, 3.8) is 0 Å². The third-order valence-corrected chi connectivity index (χ3v) is 5.60. The van der Waals surface area contributed by atoms with E-state index in [0.717, 1.165) is 27.4 Å². The number of pyridine rings is 2. The fourth-order valence-corrected chi connectivity index (χ4v) is 4.21. The van der Waals surface area contributed by atoms with E-state index in [-0.39, 0.29) is 5.56 Å². The van der Waals surface area contributed by atoms with Gasteiger partial charge in [0.2, 0.25) is 5.65 Å². The van der Waals surface area contributed by atoms with Gasteiger partial charge < -0.3 is 9.47 Å². The Morgan fingerprint density at radius 1 is 1.00 bits per heavy atom. The molecule has 0 fully saturated rings. The summed E-state index contributed by atoms with van der Waals surface area (Å²) in [6.07, 6.45) is 0. The number of nitrogens with one attached hydrogen (secondary N) is 1. The molecule has 5 rings (SSSR count). The van der Waals surface area contributed by atoms with Gasteiger partial charge in [-0.05, 0) is 43.2 Å². The number of aromatic amines is 1. The standard InChI is InChI=1S/C24H18N4O3/c1-12-5-13(2)21-14(6-12)7-15-8-16(11-25)23-26-18-10-20(31-4)19(30-3)9-17(18)24(29)28(23)22(15)27-21/h5-10H,1-4H3/p+1. The van der Waals surface area contributed by atoms with E-state index in [2.05, 4.69) is 28.2 Å². The molecule has 31 heavy (non-hydrogen) atoms. The molecule has 0 atom stereocenters. The molecule has 7 nitrogen and oxygen atoms in total. The van der Waals surface area contributed by atoms with E-state index in [9.17, 15) is 10.1 Å². The van der Waals surface area contributed by atoms with Crippen LogP contribution in [0, 0.1) is 25.2 Å². The Kier molecular flexibility index (Phi) is 4.05. The molecule has 0 bridgehead atoms. The topological polar surface area (TPSA) is 90.8 Å². The lowest BCUT2D eigenvalue weighted by Gasteiger charge is -2.09. The van der Waals surface area contributed by atoms with Crippen molar-refractivity contribution < 1.29 is 14.5 Å². The second-order valence-electron chi connectivity index (χ2n) is 7.59. The Hall–Kier alpha value is -4.18. The number of fused-ring (bicyclic) bond motifs is 5. The summed E-state index contributed by atoms with van der Waals surface area (Å²) in [7, 11) is 3.04. The van der Waals surface area contributed by atoms with Crippen molar-refractivity contribution in [1.29, 1.82) is 5.26 Å². The third kappa shape index (κ3) is 2.69. The first-order valence-electron chi connectivity index (χ1n) is 9.73. The van der Waals surface area contributed by atoms with Gasteiger partial charge in [0, 0.05) is 17.5 Å². The summed E-state index contributed by atoms with van der Waals surface area (Å²) in [5.41, 5.74) is 4.49. The monoisotopic (exact) mass is 411 g/mol. The molecule has 0 aliphatic rings. The first-order valence-corrected chi connectivity index (χ1v) is 9.73. The van der Waals surface area contributed by atoms with Gasteiger partial charge in [-0.25, -0.2) is 14.8 Å². The summed E-state index contributed by atoms with van der Waals surface area (Å²) < 4.78 is 12.2. The maximum Gasteiger partial charge on any atom is 0.350 e. The lowest BCUT2D eigenvalue weighted by molar-refractivity contribution is -0.314.